The SMILES string of the molecule is CN(C)C(=O)CSc1nc2ccc(N3C(=O)[C@@H]4CCCC[C@H]4C3=O)cc2s1. The van der Waals surface area contributed by atoms with Gasteiger partial charge in [0.25, 0.3) is 0 Å². The van der Waals surface area contributed by atoms with Gasteiger partial charge in [-0.1, -0.05) is 24.6 Å². The topological polar surface area (TPSA) is 70.6 Å². The normalized spacial score (nSPS) is 22.4. The van der Waals surface area contributed by atoms with Crippen LogP contribution in [0.2, 0.25) is 0 Å². The van der Waals surface area contributed by atoms with E-state index >= 15 is 0 Å². The summed E-state index contributed by atoms with van der Waals surface area (Å²) in [6.07, 6.45) is 3.67. The average Bonchev–Trinajstić information content (AvgIpc) is 3.18. The van der Waals surface area contributed by atoms with Crippen molar-refractivity contribution < 1.29 is 14.4 Å². The summed E-state index contributed by atoms with van der Waals surface area (Å²) in [4.78, 5) is 44.8. The minimum absolute atomic E-state index is 0.0378. The molecule has 1 aromatic carbocycles. The number of anilines is 1. The second-order valence-corrected chi connectivity index (χ2v) is 9.47. The Kier molecular flexibility index (Phi) is 4.94. The number of imide groups is 1. The van der Waals surface area contributed by atoms with E-state index in [1.165, 1.54) is 28.0 Å². The van der Waals surface area contributed by atoms with Crippen LogP contribution in [-0.2, 0) is 14.4 Å². The zero-order chi connectivity index (χ0) is 19.1. The highest BCUT2D eigenvalue weighted by Crippen LogP contribution is 2.41. The lowest BCUT2D eigenvalue weighted by molar-refractivity contribution is -0.126. The first-order chi connectivity index (χ1) is 13.0. The molecule has 1 aliphatic carbocycles. The van der Waals surface area contributed by atoms with Gasteiger partial charge >= 0.3 is 0 Å². The maximum Gasteiger partial charge on any atom is 0.237 e. The van der Waals surface area contributed by atoms with Crippen LogP contribution in [0.5, 0.6) is 0 Å². The number of carbonyl (C=O) groups is 3. The lowest BCUT2D eigenvalue weighted by Gasteiger charge is -2.19. The minimum Gasteiger partial charge on any atom is -0.348 e. The number of thiazole rings is 1. The third kappa shape index (κ3) is 3.36. The predicted molar refractivity (Wildman–Crippen MR) is 107 cm³/mol. The van der Waals surface area contributed by atoms with Crippen LogP contribution in [0.4, 0.5) is 5.69 Å². The quantitative estimate of drug-likeness (QED) is 0.579. The van der Waals surface area contributed by atoms with Gasteiger partial charge in [-0.2, -0.15) is 0 Å². The van der Waals surface area contributed by atoms with Crippen LogP contribution in [-0.4, -0.2) is 47.5 Å². The molecule has 6 nitrogen and oxygen atoms in total. The fraction of sp³-hybridized carbons (Fsp3) is 0.474. The fourth-order valence-corrected chi connectivity index (χ4v) is 5.84. The summed E-state index contributed by atoms with van der Waals surface area (Å²) in [6.45, 7) is 0. The number of amides is 3. The van der Waals surface area contributed by atoms with E-state index in [-0.39, 0.29) is 29.6 Å². The summed E-state index contributed by atoms with van der Waals surface area (Å²) in [7, 11) is 3.46. The van der Waals surface area contributed by atoms with Crippen molar-refractivity contribution in [1.82, 2.24) is 9.88 Å². The Morgan fingerprint density at radius 1 is 1.22 bits per heavy atom. The molecule has 2 aliphatic rings. The van der Waals surface area contributed by atoms with Crippen molar-refractivity contribution in [2.24, 2.45) is 11.8 Å². The Morgan fingerprint density at radius 2 is 1.89 bits per heavy atom. The van der Waals surface area contributed by atoms with Crippen molar-refractivity contribution in [3.63, 3.8) is 0 Å². The number of hydrogen-bond donors (Lipinski definition) is 0. The summed E-state index contributed by atoms with van der Waals surface area (Å²) in [6, 6.07) is 5.52. The van der Waals surface area contributed by atoms with Gasteiger partial charge in [-0.15, -0.1) is 11.3 Å². The van der Waals surface area contributed by atoms with Crippen molar-refractivity contribution in [2.75, 3.05) is 24.7 Å². The molecule has 2 atom stereocenters. The molecule has 1 aromatic heterocycles. The van der Waals surface area contributed by atoms with E-state index in [2.05, 4.69) is 4.98 Å². The predicted octanol–water partition coefficient (Wildman–Crippen LogP) is 3.16. The summed E-state index contributed by atoms with van der Waals surface area (Å²) in [5.41, 5.74) is 1.46. The molecule has 2 heterocycles. The standard InChI is InChI=1S/C19H21N3O3S2/c1-21(2)16(23)10-26-19-20-14-8-7-11(9-15(14)27-19)22-17(24)12-5-3-4-6-13(12)18(22)25/h7-9,12-13H,3-6,10H2,1-2H3/t12-,13-/m1/s1. The molecule has 1 aliphatic heterocycles. The first-order valence-electron chi connectivity index (χ1n) is 9.07. The Hall–Kier alpha value is -1.93. The van der Waals surface area contributed by atoms with Gasteiger partial charge in [-0.05, 0) is 31.0 Å². The summed E-state index contributed by atoms with van der Waals surface area (Å²) >= 11 is 2.89. The van der Waals surface area contributed by atoms with Gasteiger partial charge < -0.3 is 4.90 Å². The van der Waals surface area contributed by atoms with E-state index in [1.54, 1.807) is 25.1 Å². The lowest BCUT2D eigenvalue weighted by atomic mass is 9.81. The Labute approximate surface area is 165 Å². The third-order valence-electron chi connectivity index (χ3n) is 5.27. The second kappa shape index (κ2) is 7.24. The van der Waals surface area contributed by atoms with Gasteiger partial charge in [-0.3, -0.25) is 19.3 Å². The number of benzene rings is 1. The molecule has 0 unspecified atom stereocenters. The average molecular weight is 404 g/mol. The first kappa shape index (κ1) is 18.4. The number of thioether (sulfide) groups is 1. The number of rotatable bonds is 4. The van der Waals surface area contributed by atoms with Crippen molar-refractivity contribution in [1.29, 1.82) is 0 Å². The third-order valence-corrected chi connectivity index (χ3v) is 7.42. The minimum atomic E-state index is -0.147. The van der Waals surface area contributed by atoms with E-state index in [1.807, 2.05) is 12.1 Å². The van der Waals surface area contributed by atoms with E-state index in [0.29, 0.717) is 11.4 Å². The first-order valence-corrected chi connectivity index (χ1v) is 10.9. The van der Waals surface area contributed by atoms with E-state index in [4.69, 9.17) is 0 Å². The highest BCUT2D eigenvalue weighted by atomic mass is 32.2. The highest BCUT2D eigenvalue weighted by Gasteiger charge is 2.48. The molecular formula is C19H21N3O3S2. The molecular weight excluding hydrogens is 382 g/mol. The van der Waals surface area contributed by atoms with Gasteiger partial charge in [0, 0.05) is 14.1 Å². The van der Waals surface area contributed by atoms with Crippen LogP contribution < -0.4 is 4.90 Å². The number of fused-ring (bicyclic) bond motifs is 2. The van der Waals surface area contributed by atoms with Crippen molar-refractivity contribution >= 4 is 56.7 Å². The number of carbonyl (C=O) groups excluding carboxylic acids is 3. The summed E-state index contributed by atoms with van der Waals surface area (Å²) < 4.78 is 1.73. The molecule has 3 amide bonds. The molecule has 2 fully saturated rings. The van der Waals surface area contributed by atoms with Crippen molar-refractivity contribution in [3.8, 4) is 0 Å². The largest absolute Gasteiger partial charge is 0.348 e. The molecule has 1 saturated carbocycles. The van der Waals surface area contributed by atoms with Crippen molar-refractivity contribution in [3.05, 3.63) is 18.2 Å². The molecule has 0 bridgehead atoms. The van der Waals surface area contributed by atoms with Gasteiger partial charge in [-0.25, -0.2) is 4.98 Å². The van der Waals surface area contributed by atoms with Gasteiger partial charge in [0.2, 0.25) is 17.7 Å². The second-order valence-electron chi connectivity index (χ2n) is 7.22. The molecule has 0 spiro atoms. The zero-order valence-corrected chi connectivity index (χ0v) is 16.9. The van der Waals surface area contributed by atoms with E-state index in [0.717, 1.165) is 40.2 Å². The molecule has 2 aromatic rings. The monoisotopic (exact) mass is 403 g/mol. The van der Waals surface area contributed by atoms with E-state index < -0.39 is 0 Å². The van der Waals surface area contributed by atoms with E-state index in [9.17, 15) is 14.4 Å². The Bertz CT molecular complexity index is 900. The summed E-state index contributed by atoms with van der Waals surface area (Å²) in [5.74, 6) is -0.0278. The van der Waals surface area contributed by atoms with Crippen LogP contribution in [0.25, 0.3) is 10.2 Å². The molecule has 27 heavy (non-hydrogen) atoms. The number of nitrogens with zero attached hydrogens (tertiary/aromatic N) is 3. The molecule has 8 heteroatoms. The molecule has 142 valence electrons. The van der Waals surface area contributed by atoms with Gasteiger partial charge in [0.1, 0.15) is 0 Å². The zero-order valence-electron chi connectivity index (χ0n) is 15.3. The van der Waals surface area contributed by atoms with Crippen LogP contribution in [0.3, 0.4) is 0 Å². The molecule has 1 saturated heterocycles. The van der Waals surface area contributed by atoms with Gasteiger partial charge in [0.05, 0.1) is 33.5 Å². The maximum atomic E-state index is 12.8. The Balaban J connectivity index is 1.57. The molecule has 0 radical (unpaired) electrons. The maximum absolute atomic E-state index is 12.8. The van der Waals surface area contributed by atoms with Crippen molar-refractivity contribution in [2.45, 2.75) is 30.0 Å². The molecule has 4 rings (SSSR count). The van der Waals surface area contributed by atoms with Crippen LogP contribution in [0.15, 0.2) is 22.5 Å². The fourth-order valence-electron chi connectivity index (χ4n) is 3.76. The lowest BCUT2D eigenvalue weighted by Crippen LogP contribution is -2.30. The number of aromatic nitrogens is 1. The number of hydrogen-bond acceptors (Lipinski definition) is 6. The van der Waals surface area contributed by atoms with Gasteiger partial charge in [0.15, 0.2) is 4.34 Å². The molecule has 0 N–H and O–H groups in total. The van der Waals surface area contributed by atoms with Crippen LogP contribution in [0, 0.1) is 11.8 Å². The van der Waals surface area contributed by atoms with Crippen LogP contribution >= 0.6 is 23.1 Å². The summed E-state index contributed by atoms with van der Waals surface area (Å²) in [5, 5.41) is 0. The smallest absolute Gasteiger partial charge is 0.237 e. The van der Waals surface area contributed by atoms with Crippen LogP contribution in [0.1, 0.15) is 25.7 Å². The highest BCUT2D eigenvalue weighted by molar-refractivity contribution is 8.01. The Morgan fingerprint density at radius 3 is 2.52 bits per heavy atom.